The average molecular weight is 336 g/mol. The van der Waals surface area contributed by atoms with Gasteiger partial charge in [-0.3, -0.25) is 4.99 Å². The Kier molecular flexibility index (Phi) is 5.29. The highest BCUT2D eigenvalue weighted by Crippen LogP contribution is 2.17. The standard InChI is InChI=1S/C21H18ClNO/c1-16-8-10-20(11-9-16)23-14-17-4-3-7-21(13-17)24-15-18-5-2-6-19(22)12-18/h2-14H,15H2,1H3. The maximum Gasteiger partial charge on any atom is 0.120 e. The molecule has 0 unspecified atom stereocenters. The molecule has 0 fully saturated rings. The van der Waals surface area contributed by atoms with Crippen molar-refractivity contribution in [1.82, 2.24) is 0 Å². The topological polar surface area (TPSA) is 21.6 Å². The lowest BCUT2D eigenvalue weighted by atomic mass is 10.2. The molecule has 0 aromatic heterocycles. The Morgan fingerprint density at radius 1 is 0.958 bits per heavy atom. The van der Waals surface area contributed by atoms with Crippen molar-refractivity contribution in [1.29, 1.82) is 0 Å². The number of halogens is 1. The van der Waals surface area contributed by atoms with E-state index in [1.54, 1.807) is 0 Å². The van der Waals surface area contributed by atoms with Gasteiger partial charge in [0.2, 0.25) is 0 Å². The van der Waals surface area contributed by atoms with E-state index in [1.807, 2.05) is 66.9 Å². The molecule has 3 aromatic carbocycles. The lowest BCUT2D eigenvalue weighted by Crippen LogP contribution is -1.95. The van der Waals surface area contributed by atoms with Crippen molar-refractivity contribution in [3.63, 3.8) is 0 Å². The summed E-state index contributed by atoms with van der Waals surface area (Å²) in [7, 11) is 0. The summed E-state index contributed by atoms with van der Waals surface area (Å²) in [5, 5.41) is 0.718. The Balaban J connectivity index is 1.66. The first kappa shape index (κ1) is 16.3. The third-order valence-corrected chi connectivity index (χ3v) is 3.78. The highest BCUT2D eigenvalue weighted by Gasteiger charge is 1.98. The zero-order chi connectivity index (χ0) is 16.8. The van der Waals surface area contributed by atoms with E-state index in [1.165, 1.54) is 5.56 Å². The van der Waals surface area contributed by atoms with Gasteiger partial charge in [-0.25, -0.2) is 0 Å². The second kappa shape index (κ2) is 7.80. The van der Waals surface area contributed by atoms with Gasteiger partial charge in [-0.1, -0.05) is 53.6 Å². The molecular weight excluding hydrogens is 318 g/mol. The van der Waals surface area contributed by atoms with Gasteiger partial charge in [0.05, 0.1) is 5.69 Å². The van der Waals surface area contributed by atoms with E-state index in [2.05, 4.69) is 24.0 Å². The third-order valence-electron chi connectivity index (χ3n) is 3.55. The van der Waals surface area contributed by atoms with Crippen molar-refractivity contribution in [3.05, 3.63) is 94.5 Å². The van der Waals surface area contributed by atoms with E-state index >= 15 is 0 Å². The molecular formula is C21H18ClNO. The summed E-state index contributed by atoms with van der Waals surface area (Å²) in [6, 6.07) is 23.7. The minimum atomic E-state index is 0.485. The van der Waals surface area contributed by atoms with Crippen LogP contribution in [0, 0.1) is 6.92 Å². The minimum Gasteiger partial charge on any atom is -0.489 e. The smallest absolute Gasteiger partial charge is 0.120 e. The van der Waals surface area contributed by atoms with Crippen LogP contribution in [0.15, 0.2) is 77.8 Å². The molecule has 0 aliphatic heterocycles. The van der Waals surface area contributed by atoms with Crippen LogP contribution in [0.25, 0.3) is 0 Å². The molecule has 3 aromatic rings. The first-order valence-electron chi connectivity index (χ1n) is 7.77. The first-order valence-corrected chi connectivity index (χ1v) is 8.15. The summed E-state index contributed by atoms with van der Waals surface area (Å²) >= 11 is 5.99. The fourth-order valence-corrected chi connectivity index (χ4v) is 2.47. The summed E-state index contributed by atoms with van der Waals surface area (Å²) in [5.41, 5.74) is 4.21. The van der Waals surface area contributed by atoms with Gasteiger partial charge in [-0.2, -0.15) is 0 Å². The van der Waals surface area contributed by atoms with Crippen LogP contribution in [0.2, 0.25) is 5.02 Å². The van der Waals surface area contributed by atoms with Crippen LogP contribution in [0.4, 0.5) is 5.69 Å². The molecule has 2 nitrogen and oxygen atoms in total. The molecule has 3 heteroatoms. The van der Waals surface area contributed by atoms with Crippen molar-refractivity contribution >= 4 is 23.5 Å². The van der Waals surface area contributed by atoms with Gasteiger partial charge in [-0.05, 0) is 54.4 Å². The van der Waals surface area contributed by atoms with Gasteiger partial charge in [0, 0.05) is 11.2 Å². The number of aliphatic imine (C=N–C) groups is 1. The Bertz CT molecular complexity index is 840. The normalized spacial score (nSPS) is 10.9. The predicted molar refractivity (Wildman–Crippen MR) is 101 cm³/mol. The molecule has 0 bridgehead atoms. The fourth-order valence-electron chi connectivity index (χ4n) is 2.26. The number of ether oxygens (including phenoxy) is 1. The SMILES string of the molecule is Cc1ccc(N=Cc2cccc(OCc3cccc(Cl)c3)c2)cc1. The molecule has 0 heterocycles. The fraction of sp³-hybridized carbons (Fsp3) is 0.0952. The summed E-state index contributed by atoms with van der Waals surface area (Å²) in [6.07, 6.45) is 1.84. The molecule has 0 aliphatic carbocycles. The lowest BCUT2D eigenvalue weighted by molar-refractivity contribution is 0.306. The third kappa shape index (κ3) is 4.71. The highest BCUT2D eigenvalue weighted by atomic mass is 35.5. The molecule has 3 rings (SSSR count). The van der Waals surface area contributed by atoms with Crippen molar-refractivity contribution in [2.45, 2.75) is 13.5 Å². The summed E-state index contributed by atoms with van der Waals surface area (Å²) in [6.45, 7) is 2.55. The second-order valence-corrected chi connectivity index (χ2v) is 6.02. The highest BCUT2D eigenvalue weighted by molar-refractivity contribution is 6.30. The largest absolute Gasteiger partial charge is 0.489 e. The van der Waals surface area contributed by atoms with Gasteiger partial charge in [0.15, 0.2) is 0 Å². The molecule has 0 atom stereocenters. The zero-order valence-corrected chi connectivity index (χ0v) is 14.2. The Morgan fingerprint density at radius 2 is 1.75 bits per heavy atom. The van der Waals surface area contributed by atoms with Crippen LogP contribution in [-0.4, -0.2) is 6.21 Å². The van der Waals surface area contributed by atoms with Gasteiger partial charge in [0.25, 0.3) is 0 Å². The van der Waals surface area contributed by atoms with Gasteiger partial charge in [0.1, 0.15) is 12.4 Å². The van der Waals surface area contributed by atoms with Gasteiger partial charge in [-0.15, -0.1) is 0 Å². The van der Waals surface area contributed by atoms with Crippen LogP contribution in [0.5, 0.6) is 5.75 Å². The van der Waals surface area contributed by atoms with E-state index < -0.39 is 0 Å². The Labute approximate surface area is 147 Å². The van der Waals surface area contributed by atoms with Gasteiger partial charge < -0.3 is 4.74 Å². The number of hydrogen-bond donors (Lipinski definition) is 0. The molecule has 24 heavy (non-hydrogen) atoms. The molecule has 0 amide bonds. The number of aryl methyl sites for hydroxylation is 1. The van der Waals surface area contributed by atoms with Crippen molar-refractivity contribution in [2.75, 3.05) is 0 Å². The summed E-state index contributed by atoms with van der Waals surface area (Å²) in [4.78, 5) is 4.49. The van der Waals surface area contributed by atoms with Crippen LogP contribution in [0.1, 0.15) is 16.7 Å². The predicted octanol–water partition coefficient (Wildman–Crippen LogP) is 5.98. The maximum absolute atomic E-state index is 5.99. The molecule has 0 aliphatic rings. The summed E-state index contributed by atoms with van der Waals surface area (Å²) < 4.78 is 5.84. The van der Waals surface area contributed by atoms with Crippen LogP contribution in [0.3, 0.4) is 0 Å². The number of hydrogen-bond acceptors (Lipinski definition) is 2. The number of rotatable bonds is 5. The van der Waals surface area contributed by atoms with Crippen LogP contribution >= 0.6 is 11.6 Å². The molecule has 0 N–H and O–H groups in total. The van der Waals surface area contributed by atoms with Gasteiger partial charge >= 0.3 is 0 Å². The molecule has 120 valence electrons. The van der Waals surface area contributed by atoms with E-state index in [0.717, 1.165) is 27.6 Å². The lowest BCUT2D eigenvalue weighted by Gasteiger charge is -2.07. The first-order chi connectivity index (χ1) is 11.7. The van der Waals surface area contributed by atoms with E-state index in [4.69, 9.17) is 16.3 Å². The molecule has 0 saturated carbocycles. The van der Waals surface area contributed by atoms with E-state index in [0.29, 0.717) is 6.61 Å². The maximum atomic E-state index is 5.99. The minimum absolute atomic E-state index is 0.485. The van der Waals surface area contributed by atoms with E-state index in [-0.39, 0.29) is 0 Å². The Hall–Kier alpha value is -2.58. The number of benzene rings is 3. The van der Waals surface area contributed by atoms with E-state index in [9.17, 15) is 0 Å². The molecule has 0 radical (unpaired) electrons. The quantitative estimate of drug-likeness (QED) is 0.526. The summed E-state index contributed by atoms with van der Waals surface area (Å²) in [5.74, 6) is 0.808. The van der Waals surface area contributed by atoms with Crippen LogP contribution < -0.4 is 4.74 Å². The Morgan fingerprint density at radius 3 is 2.54 bits per heavy atom. The average Bonchev–Trinajstić information content (AvgIpc) is 2.60. The zero-order valence-electron chi connectivity index (χ0n) is 13.4. The van der Waals surface area contributed by atoms with Crippen molar-refractivity contribution in [3.8, 4) is 5.75 Å². The van der Waals surface area contributed by atoms with Crippen molar-refractivity contribution < 1.29 is 4.74 Å². The van der Waals surface area contributed by atoms with Crippen LogP contribution in [-0.2, 0) is 6.61 Å². The monoisotopic (exact) mass is 335 g/mol. The second-order valence-electron chi connectivity index (χ2n) is 5.58. The number of nitrogens with zero attached hydrogens (tertiary/aromatic N) is 1. The van der Waals surface area contributed by atoms with Crippen molar-refractivity contribution in [2.24, 2.45) is 4.99 Å². The molecule has 0 saturated heterocycles. The molecule has 0 spiro atoms.